The van der Waals surface area contributed by atoms with Crippen LogP contribution in [0.1, 0.15) is 45.2 Å². The van der Waals surface area contributed by atoms with Crippen molar-refractivity contribution in [3.8, 4) is 0 Å². The molecule has 1 aliphatic carbocycles. The summed E-state index contributed by atoms with van der Waals surface area (Å²) in [5.41, 5.74) is 0.958. The van der Waals surface area contributed by atoms with Gasteiger partial charge in [-0.05, 0) is 25.7 Å². The Labute approximate surface area is 130 Å². The standard InChI is InChI=1S/C15H25N3O2S/c1-3-18(11(2)19)15-17-13(10-21-15)9-16-8-12-6-4-5-7-14(12)20/h10,12,14,16,20H,3-9H2,1-2H3. The van der Waals surface area contributed by atoms with E-state index in [1.165, 1.54) is 17.8 Å². The number of aromatic nitrogens is 1. The molecule has 118 valence electrons. The van der Waals surface area contributed by atoms with Gasteiger partial charge in [-0.1, -0.05) is 12.8 Å². The molecule has 2 rings (SSSR count). The second-order valence-electron chi connectivity index (χ2n) is 5.63. The third-order valence-electron chi connectivity index (χ3n) is 4.05. The Kier molecular flexibility index (Phi) is 6.14. The van der Waals surface area contributed by atoms with E-state index in [1.807, 2.05) is 12.3 Å². The minimum absolute atomic E-state index is 0.0247. The van der Waals surface area contributed by atoms with Crippen molar-refractivity contribution < 1.29 is 9.90 Å². The summed E-state index contributed by atoms with van der Waals surface area (Å²) in [6.45, 7) is 5.68. The lowest BCUT2D eigenvalue weighted by Crippen LogP contribution is -2.33. The molecule has 1 aromatic heterocycles. The second kappa shape index (κ2) is 7.87. The molecule has 1 fully saturated rings. The number of rotatable bonds is 6. The highest BCUT2D eigenvalue weighted by Crippen LogP contribution is 2.24. The first-order chi connectivity index (χ1) is 10.1. The SMILES string of the molecule is CCN(C(C)=O)c1nc(CNCC2CCCCC2O)cs1. The van der Waals surface area contributed by atoms with Gasteiger partial charge in [-0.15, -0.1) is 11.3 Å². The lowest BCUT2D eigenvalue weighted by atomic mass is 9.86. The second-order valence-corrected chi connectivity index (χ2v) is 6.46. The lowest BCUT2D eigenvalue weighted by Gasteiger charge is -2.27. The Balaban J connectivity index is 1.81. The number of carbonyl (C=O) groups is 1. The van der Waals surface area contributed by atoms with Gasteiger partial charge < -0.3 is 10.4 Å². The van der Waals surface area contributed by atoms with Crippen LogP contribution in [0.4, 0.5) is 5.13 Å². The van der Waals surface area contributed by atoms with Crippen LogP contribution in [0.2, 0.25) is 0 Å². The quantitative estimate of drug-likeness (QED) is 0.845. The molecule has 5 nitrogen and oxygen atoms in total. The number of aliphatic hydroxyl groups excluding tert-OH is 1. The van der Waals surface area contributed by atoms with E-state index < -0.39 is 0 Å². The van der Waals surface area contributed by atoms with Gasteiger partial charge in [0.15, 0.2) is 5.13 Å². The Morgan fingerprint density at radius 1 is 1.52 bits per heavy atom. The summed E-state index contributed by atoms with van der Waals surface area (Å²) in [5, 5.41) is 16.1. The van der Waals surface area contributed by atoms with Crippen molar-refractivity contribution in [1.29, 1.82) is 0 Å². The summed E-state index contributed by atoms with van der Waals surface area (Å²) in [5.74, 6) is 0.387. The fraction of sp³-hybridized carbons (Fsp3) is 0.733. The van der Waals surface area contributed by atoms with Gasteiger partial charge in [-0.25, -0.2) is 4.98 Å². The summed E-state index contributed by atoms with van der Waals surface area (Å²) in [4.78, 5) is 17.7. The van der Waals surface area contributed by atoms with Crippen LogP contribution in [-0.2, 0) is 11.3 Å². The first-order valence-electron chi connectivity index (χ1n) is 7.73. The molecular weight excluding hydrogens is 286 g/mol. The highest BCUT2D eigenvalue weighted by Gasteiger charge is 2.22. The highest BCUT2D eigenvalue weighted by atomic mass is 32.1. The third kappa shape index (κ3) is 4.49. The monoisotopic (exact) mass is 311 g/mol. The number of carbonyl (C=O) groups excluding carboxylic acids is 1. The molecule has 1 saturated carbocycles. The van der Waals surface area contributed by atoms with E-state index in [9.17, 15) is 9.90 Å². The molecule has 21 heavy (non-hydrogen) atoms. The number of nitrogens with zero attached hydrogens (tertiary/aromatic N) is 2. The van der Waals surface area contributed by atoms with E-state index in [0.717, 1.165) is 36.6 Å². The van der Waals surface area contributed by atoms with Crippen LogP contribution in [0, 0.1) is 5.92 Å². The summed E-state index contributed by atoms with van der Waals surface area (Å²) in [7, 11) is 0. The zero-order valence-electron chi connectivity index (χ0n) is 12.8. The topological polar surface area (TPSA) is 65.5 Å². The molecule has 0 bridgehead atoms. The molecule has 0 radical (unpaired) electrons. The van der Waals surface area contributed by atoms with Crippen LogP contribution in [0.25, 0.3) is 0 Å². The molecule has 0 spiro atoms. The van der Waals surface area contributed by atoms with Gasteiger partial charge in [0.1, 0.15) is 0 Å². The van der Waals surface area contributed by atoms with Crippen molar-refractivity contribution >= 4 is 22.4 Å². The third-order valence-corrected chi connectivity index (χ3v) is 4.96. The van der Waals surface area contributed by atoms with Crippen LogP contribution < -0.4 is 10.2 Å². The largest absolute Gasteiger partial charge is 0.393 e. The number of hydrogen-bond donors (Lipinski definition) is 2. The van der Waals surface area contributed by atoms with Gasteiger partial charge >= 0.3 is 0 Å². The number of thiazole rings is 1. The molecule has 1 aromatic rings. The fourth-order valence-electron chi connectivity index (χ4n) is 2.81. The van der Waals surface area contributed by atoms with Gasteiger partial charge in [-0.2, -0.15) is 0 Å². The Morgan fingerprint density at radius 3 is 2.95 bits per heavy atom. The highest BCUT2D eigenvalue weighted by molar-refractivity contribution is 7.14. The minimum atomic E-state index is -0.162. The van der Waals surface area contributed by atoms with E-state index in [0.29, 0.717) is 19.0 Å². The van der Waals surface area contributed by atoms with Crippen molar-refractivity contribution in [2.45, 2.75) is 52.2 Å². The fourth-order valence-corrected chi connectivity index (χ4v) is 3.74. The first-order valence-corrected chi connectivity index (χ1v) is 8.61. The molecule has 0 aromatic carbocycles. The molecule has 0 aliphatic heterocycles. The predicted molar refractivity (Wildman–Crippen MR) is 85.5 cm³/mol. The zero-order valence-corrected chi connectivity index (χ0v) is 13.7. The number of hydrogen-bond acceptors (Lipinski definition) is 5. The van der Waals surface area contributed by atoms with E-state index in [-0.39, 0.29) is 12.0 Å². The molecule has 6 heteroatoms. The van der Waals surface area contributed by atoms with E-state index in [1.54, 1.807) is 11.8 Å². The molecule has 2 N–H and O–H groups in total. The molecule has 2 unspecified atom stereocenters. The molecular formula is C15H25N3O2S. The smallest absolute Gasteiger partial charge is 0.225 e. The molecule has 1 heterocycles. The van der Waals surface area contributed by atoms with Crippen LogP contribution in [0.3, 0.4) is 0 Å². The molecule has 1 amide bonds. The van der Waals surface area contributed by atoms with Crippen molar-refractivity contribution in [3.05, 3.63) is 11.1 Å². The average Bonchev–Trinajstić information content (AvgIpc) is 2.90. The van der Waals surface area contributed by atoms with E-state index in [4.69, 9.17) is 0 Å². The average molecular weight is 311 g/mol. The number of nitrogens with one attached hydrogen (secondary N) is 1. The molecule has 1 aliphatic rings. The maximum Gasteiger partial charge on any atom is 0.225 e. The van der Waals surface area contributed by atoms with Crippen LogP contribution in [-0.4, -0.2) is 35.2 Å². The summed E-state index contributed by atoms with van der Waals surface area (Å²) < 4.78 is 0. The van der Waals surface area contributed by atoms with Gasteiger partial charge in [0, 0.05) is 31.9 Å². The predicted octanol–water partition coefficient (Wildman–Crippen LogP) is 2.16. The Bertz CT molecular complexity index is 464. The van der Waals surface area contributed by atoms with Gasteiger partial charge in [-0.3, -0.25) is 9.69 Å². The number of amides is 1. The van der Waals surface area contributed by atoms with Gasteiger partial charge in [0.2, 0.25) is 5.91 Å². The van der Waals surface area contributed by atoms with Gasteiger partial charge in [0.25, 0.3) is 0 Å². The Morgan fingerprint density at radius 2 is 2.29 bits per heavy atom. The molecule has 2 atom stereocenters. The molecule has 0 saturated heterocycles. The lowest BCUT2D eigenvalue weighted by molar-refractivity contribution is -0.116. The summed E-state index contributed by atoms with van der Waals surface area (Å²) >= 11 is 1.50. The number of anilines is 1. The van der Waals surface area contributed by atoms with Crippen molar-refractivity contribution in [3.63, 3.8) is 0 Å². The van der Waals surface area contributed by atoms with Gasteiger partial charge in [0.05, 0.1) is 11.8 Å². The summed E-state index contributed by atoms with van der Waals surface area (Å²) in [6, 6.07) is 0. The van der Waals surface area contributed by atoms with Crippen molar-refractivity contribution in [2.24, 2.45) is 5.92 Å². The normalized spacial score (nSPS) is 22.2. The summed E-state index contributed by atoms with van der Waals surface area (Å²) in [6.07, 6.45) is 4.23. The van der Waals surface area contributed by atoms with Crippen LogP contribution in [0.15, 0.2) is 5.38 Å². The van der Waals surface area contributed by atoms with E-state index >= 15 is 0 Å². The van der Waals surface area contributed by atoms with Crippen LogP contribution in [0.5, 0.6) is 0 Å². The maximum atomic E-state index is 11.5. The van der Waals surface area contributed by atoms with E-state index in [2.05, 4.69) is 10.3 Å². The zero-order chi connectivity index (χ0) is 15.2. The van der Waals surface area contributed by atoms with Crippen LogP contribution >= 0.6 is 11.3 Å². The Hall–Kier alpha value is -0.980. The maximum absolute atomic E-state index is 11.5. The minimum Gasteiger partial charge on any atom is -0.393 e. The number of aliphatic hydroxyl groups is 1. The van der Waals surface area contributed by atoms with Crippen molar-refractivity contribution in [2.75, 3.05) is 18.0 Å². The van der Waals surface area contributed by atoms with Crippen molar-refractivity contribution in [1.82, 2.24) is 10.3 Å². The first kappa shape index (κ1) is 16.4.